The number of aromatic nitrogens is 2. The van der Waals surface area contributed by atoms with Gasteiger partial charge in [-0.25, -0.2) is 4.98 Å². The van der Waals surface area contributed by atoms with Crippen molar-refractivity contribution in [3.8, 4) is 44.8 Å². The van der Waals surface area contributed by atoms with Gasteiger partial charge in [-0.15, -0.1) is 0 Å². The zero-order valence-corrected chi connectivity index (χ0v) is 35.0. The second-order valence-electron chi connectivity index (χ2n) is 10.2. The molecule has 0 aliphatic heterocycles. The van der Waals surface area contributed by atoms with Crippen molar-refractivity contribution in [3.63, 3.8) is 0 Å². The van der Waals surface area contributed by atoms with Crippen LogP contribution >= 0.6 is 0 Å². The number of carbonyl (C=O) groups excluding carboxylic acids is 4. The minimum atomic E-state index is -1.53. The smallest absolute Gasteiger partial charge is 0.545 e. The minimum Gasteiger partial charge on any atom is -0.545 e. The molecule has 1 aromatic heterocycles. The molecular weight excluding hydrogens is 668 g/mol. The Balaban J connectivity index is 0.00000208. The first-order valence-electron chi connectivity index (χ1n) is 13.4. The average molecular weight is 686 g/mol. The number of rotatable bonds is 8. The van der Waals surface area contributed by atoms with Gasteiger partial charge >= 0.3 is 118 Å². The first-order valence-corrected chi connectivity index (χ1v) is 13.4. The van der Waals surface area contributed by atoms with Crippen LogP contribution < -0.4 is 139 Å². The van der Waals surface area contributed by atoms with Gasteiger partial charge in [-0.1, -0.05) is 72.8 Å². The number of imidazole rings is 1. The fraction of sp³-hybridized carbons (Fsp3) is 0. The van der Waals surface area contributed by atoms with E-state index in [1.165, 1.54) is 36.4 Å². The monoisotopic (exact) mass is 686 g/mol. The zero-order valence-electron chi connectivity index (χ0n) is 27.0. The van der Waals surface area contributed by atoms with Gasteiger partial charge in [-0.3, -0.25) is 0 Å². The Morgan fingerprint density at radius 3 is 1.37 bits per heavy atom. The summed E-state index contributed by atoms with van der Waals surface area (Å²) in [5.74, 6) is -5.29. The van der Waals surface area contributed by atoms with Gasteiger partial charge in [0, 0.05) is 16.7 Å². The molecule has 1 N–H and O–H groups in total. The standard InChI is InChI=1S/C35H22N2O8.4Na/c38-32(39)22-5-1-3-20(13-22)27-11-12-28(21-4-2-6-23(14-21)33(40)41)30-29(27)36-31(37-30)19-9-7-18(8-10-19)24-15-25(34(42)43)17-26(16-24)35(44)45;;;;/h1-17H,(H,36,37)(H,38,39)(H,40,41)(H,42,43)(H,44,45);;;;/q;4*+1/p-4. The molecule has 0 spiro atoms. The third-order valence-electron chi connectivity index (χ3n) is 7.36. The van der Waals surface area contributed by atoms with E-state index < -0.39 is 23.9 Å². The van der Waals surface area contributed by atoms with Crippen LogP contribution in [0.25, 0.3) is 55.8 Å². The third-order valence-corrected chi connectivity index (χ3v) is 7.36. The molecular formula is C35H18N2Na4O8. The van der Waals surface area contributed by atoms with Crippen molar-refractivity contribution in [2.75, 3.05) is 0 Å². The molecule has 220 valence electrons. The fourth-order valence-electron chi connectivity index (χ4n) is 5.18. The molecule has 1 heterocycles. The van der Waals surface area contributed by atoms with Crippen LogP contribution in [0.15, 0.2) is 103 Å². The predicted molar refractivity (Wildman–Crippen MR) is 155 cm³/mol. The van der Waals surface area contributed by atoms with Crippen molar-refractivity contribution in [1.29, 1.82) is 0 Å². The molecule has 0 atom stereocenters. The number of fused-ring (bicyclic) bond motifs is 1. The second kappa shape index (κ2) is 18.1. The molecule has 0 saturated carbocycles. The van der Waals surface area contributed by atoms with Crippen LogP contribution in [0.4, 0.5) is 0 Å². The first kappa shape index (κ1) is 42.6. The van der Waals surface area contributed by atoms with Crippen molar-refractivity contribution in [3.05, 3.63) is 125 Å². The fourth-order valence-corrected chi connectivity index (χ4v) is 5.18. The van der Waals surface area contributed by atoms with Crippen molar-refractivity contribution >= 4 is 34.9 Å². The molecule has 49 heavy (non-hydrogen) atoms. The summed E-state index contributed by atoms with van der Waals surface area (Å²) >= 11 is 0. The molecule has 6 rings (SSSR count). The second-order valence-corrected chi connectivity index (χ2v) is 10.2. The van der Waals surface area contributed by atoms with Crippen molar-refractivity contribution < 1.29 is 158 Å². The van der Waals surface area contributed by atoms with Crippen LogP contribution in [-0.2, 0) is 0 Å². The molecule has 0 fully saturated rings. The summed E-state index contributed by atoms with van der Waals surface area (Å²) in [4.78, 5) is 54.1. The van der Waals surface area contributed by atoms with Crippen molar-refractivity contribution in [2.45, 2.75) is 0 Å². The van der Waals surface area contributed by atoms with Gasteiger partial charge in [0.25, 0.3) is 0 Å². The maximum atomic E-state index is 11.5. The van der Waals surface area contributed by atoms with Gasteiger partial charge < -0.3 is 44.6 Å². The number of carboxylic acid groups (broad SMARTS) is 4. The summed E-state index contributed by atoms with van der Waals surface area (Å²) < 4.78 is 0. The summed E-state index contributed by atoms with van der Waals surface area (Å²) in [6.07, 6.45) is 0. The first-order chi connectivity index (χ1) is 21.6. The Morgan fingerprint density at radius 1 is 0.449 bits per heavy atom. The summed E-state index contributed by atoms with van der Waals surface area (Å²) in [5.41, 5.74) is 4.29. The zero-order chi connectivity index (χ0) is 31.8. The van der Waals surface area contributed by atoms with Crippen LogP contribution in [0.1, 0.15) is 41.4 Å². The Kier molecular flexibility index (Phi) is 15.7. The molecule has 14 heteroatoms. The maximum absolute atomic E-state index is 11.5. The molecule has 6 aromatic rings. The van der Waals surface area contributed by atoms with Gasteiger partial charge in [-0.2, -0.15) is 0 Å². The van der Waals surface area contributed by atoms with E-state index in [2.05, 4.69) is 4.98 Å². The molecule has 10 nitrogen and oxygen atoms in total. The summed E-state index contributed by atoms with van der Waals surface area (Å²) in [6.45, 7) is 0. The van der Waals surface area contributed by atoms with Gasteiger partial charge in [0.2, 0.25) is 0 Å². The molecule has 0 aliphatic rings. The number of nitrogens with zero attached hydrogens (tertiary/aromatic N) is 1. The molecule has 0 saturated heterocycles. The van der Waals surface area contributed by atoms with Crippen LogP contribution in [0.2, 0.25) is 0 Å². The molecule has 0 aliphatic carbocycles. The van der Waals surface area contributed by atoms with Gasteiger partial charge in [0.15, 0.2) is 0 Å². The number of aromatic carboxylic acids is 4. The van der Waals surface area contributed by atoms with Crippen LogP contribution in [0, 0.1) is 0 Å². The SMILES string of the molecule is O=C([O-])c1cc(C(=O)[O-])cc(-c2ccc(-c3nc4c(-c5cccc(C(=O)[O-])c5)ccc(-c5cccc(C(=O)[O-])c5)c4[nH]3)cc2)c1.[Na+].[Na+].[Na+].[Na+]. The maximum Gasteiger partial charge on any atom is 1.00 e. The Hall–Kier alpha value is -2.55. The van der Waals surface area contributed by atoms with Gasteiger partial charge in [-0.05, 0) is 74.8 Å². The average Bonchev–Trinajstić information content (AvgIpc) is 3.50. The molecule has 5 aromatic carbocycles. The van der Waals surface area contributed by atoms with Crippen LogP contribution in [-0.4, -0.2) is 33.8 Å². The summed E-state index contributed by atoms with van der Waals surface area (Å²) in [7, 11) is 0. The minimum absolute atomic E-state index is 0. The Bertz CT molecular complexity index is 2070. The number of aromatic amines is 1. The number of carbonyl (C=O) groups is 4. The van der Waals surface area contributed by atoms with E-state index in [0.717, 1.165) is 6.07 Å². The van der Waals surface area contributed by atoms with Gasteiger partial charge in [0.1, 0.15) is 5.82 Å². The largest absolute Gasteiger partial charge is 1.00 e. The third kappa shape index (κ3) is 9.22. The Labute approximate surface area is 368 Å². The van der Waals surface area contributed by atoms with E-state index >= 15 is 0 Å². The number of H-pyrrole nitrogens is 1. The van der Waals surface area contributed by atoms with E-state index in [4.69, 9.17) is 4.98 Å². The van der Waals surface area contributed by atoms with E-state index in [1.807, 2.05) is 0 Å². The normalized spacial score (nSPS) is 10.0. The number of benzene rings is 5. The van der Waals surface area contributed by atoms with Crippen LogP contribution in [0.3, 0.4) is 0 Å². The predicted octanol–water partition coefficient (Wildman–Crippen LogP) is -10.3. The molecule has 0 radical (unpaired) electrons. The number of hydrogen-bond acceptors (Lipinski definition) is 9. The molecule has 0 unspecified atom stereocenters. The number of carboxylic acids is 4. The van der Waals surface area contributed by atoms with E-state index in [0.29, 0.717) is 55.8 Å². The van der Waals surface area contributed by atoms with Crippen molar-refractivity contribution in [2.24, 2.45) is 0 Å². The molecule has 0 bridgehead atoms. The summed E-state index contributed by atoms with van der Waals surface area (Å²) in [5, 5.41) is 46.0. The van der Waals surface area contributed by atoms with Gasteiger partial charge in [0.05, 0.1) is 34.9 Å². The number of hydrogen-bond donors (Lipinski definition) is 1. The number of nitrogens with one attached hydrogen (secondary N) is 1. The van der Waals surface area contributed by atoms with Crippen LogP contribution in [0.5, 0.6) is 0 Å². The van der Waals surface area contributed by atoms with Crippen molar-refractivity contribution in [1.82, 2.24) is 9.97 Å². The van der Waals surface area contributed by atoms with E-state index in [-0.39, 0.29) is 140 Å². The summed E-state index contributed by atoms with van der Waals surface area (Å²) in [6, 6.07) is 26.4. The molecule has 0 amide bonds. The Morgan fingerprint density at radius 2 is 0.878 bits per heavy atom. The van der Waals surface area contributed by atoms with E-state index in [9.17, 15) is 39.6 Å². The van der Waals surface area contributed by atoms with E-state index in [1.54, 1.807) is 60.7 Å². The quantitative estimate of drug-likeness (QED) is 0.152. The topological polar surface area (TPSA) is 189 Å².